The minimum Gasteiger partial charge on any atom is -0.364 e. The summed E-state index contributed by atoms with van der Waals surface area (Å²) in [5.41, 5.74) is -0.0385. The van der Waals surface area contributed by atoms with Crippen molar-refractivity contribution in [3.05, 3.63) is 16.4 Å². The quantitative estimate of drug-likeness (QED) is 0.582. The van der Waals surface area contributed by atoms with Crippen LogP contribution in [-0.2, 0) is 0 Å². The zero-order valence-electron chi connectivity index (χ0n) is 12.6. The second-order valence-corrected chi connectivity index (χ2v) is 5.01. The number of rotatable bonds is 8. The van der Waals surface area contributed by atoms with Crippen molar-refractivity contribution in [2.75, 3.05) is 29.9 Å². The molecule has 0 aliphatic rings. The van der Waals surface area contributed by atoms with Gasteiger partial charge in [0.15, 0.2) is 0 Å². The molecule has 7 nitrogen and oxygen atoms in total. The van der Waals surface area contributed by atoms with Crippen molar-refractivity contribution in [3.63, 3.8) is 0 Å². The predicted molar refractivity (Wildman–Crippen MR) is 80.2 cm³/mol. The van der Waals surface area contributed by atoms with E-state index in [4.69, 9.17) is 0 Å². The number of hydrogen-bond donors (Lipinski definition) is 1. The largest absolute Gasteiger partial charge is 0.364 e. The van der Waals surface area contributed by atoms with Gasteiger partial charge in [0.25, 0.3) is 0 Å². The lowest BCUT2D eigenvalue weighted by molar-refractivity contribution is -0.383. The van der Waals surface area contributed by atoms with Crippen molar-refractivity contribution in [2.45, 2.75) is 34.1 Å². The molecule has 7 heteroatoms. The summed E-state index contributed by atoms with van der Waals surface area (Å²) >= 11 is 0. The Morgan fingerprint density at radius 1 is 1.40 bits per heavy atom. The van der Waals surface area contributed by atoms with E-state index in [2.05, 4.69) is 29.1 Å². The highest BCUT2D eigenvalue weighted by Gasteiger charge is 2.26. The molecule has 0 bridgehead atoms. The van der Waals surface area contributed by atoms with E-state index in [0.29, 0.717) is 30.6 Å². The van der Waals surface area contributed by atoms with Gasteiger partial charge in [-0.1, -0.05) is 20.8 Å². The smallest absolute Gasteiger partial charge is 0.353 e. The summed E-state index contributed by atoms with van der Waals surface area (Å²) in [4.78, 5) is 21.0. The van der Waals surface area contributed by atoms with Gasteiger partial charge in [-0.25, -0.2) is 9.97 Å². The second kappa shape index (κ2) is 7.62. The normalized spacial score (nSPS) is 10.7. The monoisotopic (exact) mass is 281 g/mol. The van der Waals surface area contributed by atoms with E-state index in [1.165, 1.54) is 6.33 Å². The zero-order valence-corrected chi connectivity index (χ0v) is 12.6. The molecule has 0 unspecified atom stereocenters. The van der Waals surface area contributed by atoms with Crippen LogP contribution in [0.5, 0.6) is 0 Å². The molecule has 20 heavy (non-hydrogen) atoms. The zero-order chi connectivity index (χ0) is 15.1. The SMILES string of the molecule is CCCNc1ncnc(N(CC)CC(C)C)c1[N+](=O)[O-]. The first-order valence-electron chi connectivity index (χ1n) is 6.99. The Kier molecular flexibility index (Phi) is 6.14. The fourth-order valence-corrected chi connectivity index (χ4v) is 1.95. The fraction of sp³-hybridized carbons (Fsp3) is 0.692. The molecule has 1 heterocycles. The molecule has 0 aromatic carbocycles. The van der Waals surface area contributed by atoms with Gasteiger partial charge in [0.05, 0.1) is 4.92 Å². The van der Waals surface area contributed by atoms with Crippen molar-refractivity contribution < 1.29 is 4.92 Å². The van der Waals surface area contributed by atoms with Crippen LogP contribution in [-0.4, -0.2) is 34.5 Å². The van der Waals surface area contributed by atoms with Crippen LogP contribution in [0.4, 0.5) is 17.3 Å². The fourth-order valence-electron chi connectivity index (χ4n) is 1.95. The summed E-state index contributed by atoms with van der Waals surface area (Å²) in [6.07, 6.45) is 2.25. The van der Waals surface area contributed by atoms with Gasteiger partial charge >= 0.3 is 5.69 Å². The third-order valence-electron chi connectivity index (χ3n) is 2.79. The summed E-state index contributed by atoms with van der Waals surface area (Å²) in [7, 11) is 0. The third-order valence-corrected chi connectivity index (χ3v) is 2.79. The molecule has 1 N–H and O–H groups in total. The van der Waals surface area contributed by atoms with Crippen LogP contribution in [0.15, 0.2) is 6.33 Å². The molecule has 112 valence electrons. The summed E-state index contributed by atoms with van der Waals surface area (Å²) in [5, 5.41) is 14.4. The topological polar surface area (TPSA) is 84.2 Å². The van der Waals surface area contributed by atoms with Crippen molar-refractivity contribution in [1.82, 2.24) is 9.97 Å². The molecule has 0 atom stereocenters. The van der Waals surface area contributed by atoms with Gasteiger partial charge in [-0.3, -0.25) is 10.1 Å². The van der Waals surface area contributed by atoms with Crippen LogP contribution in [0.1, 0.15) is 34.1 Å². The van der Waals surface area contributed by atoms with Crippen LogP contribution < -0.4 is 10.2 Å². The highest BCUT2D eigenvalue weighted by atomic mass is 16.6. The van der Waals surface area contributed by atoms with E-state index < -0.39 is 4.92 Å². The number of anilines is 2. The molecule has 1 aromatic heterocycles. The van der Waals surface area contributed by atoms with Crippen LogP contribution in [0.25, 0.3) is 0 Å². The van der Waals surface area contributed by atoms with E-state index in [1.807, 2.05) is 18.7 Å². The van der Waals surface area contributed by atoms with E-state index in [-0.39, 0.29) is 5.69 Å². The molecule has 0 saturated carbocycles. The van der Waals surface area contributed by atoms with Crippen LogP contribution >= 0.6 is 0 Å². The average molecular weight is 281 g/mol. The van der Waals surface area contributed by atoms with E-state index >= 15 is 0 Å². The maximum absolute atomic E-state index is 11.4. The molecule has 0 radical (unpaired) electrons. The standard InChI is InChI=1S/C13H23N5O2/c1-5-7-14-12-11(18(19)20)13(16-9-15-12)17(6-2)8-10(3)4/h9-10H,5-8H2,1-4H3,(H,14,15,16). The Hall–Kier alpha value is -1.92. The molecule has 0 aliphatic heterocycles. The van der Waals surface area contributed by atoms with Gasteiger partial charge in [0.2, 0.25) is 11.6 Å². The first-order valence-corrected chi connectivity index (χ1v) is 6.99. The minimum absolute atomic E-state index is 0.0385. The first-order chi connectivity index (χ1) is 9.51. The third kappa shape index (κ3) is 4.04. The molecule has 1 rings (SSSR count). The number of hydrogen-bond acceptors (Lipinski definition) is 6. The highest BCUT2D eigenvalue weighted by Crippen LogP contribution is 2.31. The van der Waals surface area contributed by atoms with Gasteiger partial charge in [-0.05, 0) is 19.3 Å². The Labute approximate surface area is 119 Å². The Morgan fingerprint density at radius 3 is 2.60 bits per heavy atom. The van der Waals surface area contributed by atoms with Gasteiger partial charge < -0.3 is 10.2 Å². The Bertz CT molecular complexity index is 450. The van der Waals surface area contributed by atoms with Crippen LogP contribution in [0.3, 0.4) is 0 Å². The van der Waals surface area contributed by atoms with E-state index in [9.17, 15) is 10.1 Å². The second-order valence-electron chi connectivity index (χ2n) is 5.01. The first kappa shape index (κ1) is 16.1. The molecular formula is C13H23N5O2. The molecule has 0 fully saturated rings. The lowest BCUT2D eigenvalue weighted by Crippen LogP contribution is -2.29. The van der Waals surface area contributed by atoms with Crippen LogP contribution in [0, 0.1) is 16.0 Å². The van der Waals surface area contributed by atoms with E-state index in [1.54, 1.807) is 0 Å². The van der Waals surface area contributed by atoms with Crippen LogP contribution in [0.2, 0.25) is 0 Å². The number of nitro groups is 1. The predicted octanol–water partition coefficient (Wildman–Crippen LogP) is 2.69. The number of nitrogens with one attached hydrogen (secondary N) is 1. The van der Waals surface area contributed by atoms with E-state index in [0.717, 1.165) is 13.0 Å². The molecule has 0 aliphatic carbocycles. The molecule has 0 amide bonds. The number of nitrogens with zero attached hydrogens (tertiary/aromatic N) is 4. The number of aromatic nitrogens is 2. The van der Waals surface area contributed by atoms with Gasteiger partial charge in [-0.2, -0.15) is 0 Å². The summed E-state index contributed by atoms with van der Waals surface area (Å²) in [6, 6.07) is 0. The lowest BCUT2D eigenvalue weighted by atomic mass is 10.2. The highest BCUT2D eigenvalue weighted by molar-refractivity contribution is 5.70. The Balaban J connectivity index is 3.19. The van der Waals surface area contributed by atoms with Gasteiger partial charge in [0, 0.05) is 19.6 Å². The summed E-state index contributed by atoms with van der Waals surface area (Å²) in [5.74, 6) is 1.08. The molecule has 1 aromatic rings. The Morgan fingerprint density at radius 2 is 2.10 bits per heavy atom. The summed E-state index contributed by atoms with van der Waals surface area (Å²) in [6.45, 7) is 10.2. The molecule has 0 saturated heterocycles. The van der Waals surface area contributed by atoms with Crippen molar-refractivity contribution in [3.8, 4) is 0 Å². The van der Waals surface area contributed by atoms with Crippen molar-refractivity contribution in [1.29, 1.82) is 0 Å². The minimum atomic E-state index is -0.406. The molecule has 0 spiro atoms. The molecular weight excluding hydrogens is 258 g/mol. The van der Waals surface area contributed by atoms with Crippen molar-refractivity contribution >= 4 is 17.3 Å². The van der Waals surface area contributed by atoms with Gasteiger partial charge in [-0.15, -0.1) is 0 Å². The van der Waals surface area contributed by atoms with Crippen molar-refractivity contribution in [2.24, 2.45) is 5.92 Å². The maximum Gasteiger partial charge on any atom is 0.353 e. The summed E-state index contributed by atoms with van der Waals surface area (Å²) < 4.78 is 0. The maximum atomic E-state index is 11.4. The van der Waals surface area contributed by atoms with Gasteiger partial charge in [0.1, 0.15) is 6.33 Å². The average Bonchev–Trinajstić information content (AvgIpc) is 2.41. The lowest BCUT2D eigenvalue weighted by Gasteiger charge is -2.23.